The first kappa shape index (κ1) is 9.01. The van der Waals surface area contributed by atoms with Gasteiger partial charge in [-0.3, -0.25) is 0 Å². The van der Waals surface area contributed by atoms with Gasteiger partial charge >= 0.3 is 0 Å². The van der Waals surface area contributed by atoms with Crippen molar-refractivity contribution in [2.24, 2.45) is 5.41 Å². The van der Waals surface area contributed by atoms with Crippen molar-refractivity contribution in [3.63, 3.8) is 0 Å². The van der Waals surface area contributed by atoms with Gasteiger partial charge in [-0.1, -0.05) is 45.7 Å². The largest absolute Gasteiger partial charge is 0.362 e. The molecule has 60 valence electrons. The second kappa shape index (κ2) is 3.11. The highest BCUT2D eigenvalue weighted by atomic mass is 79.9. The van der Waals surface area contributed by atoms with E-state index in [2.05, 4.69) is 45.7 Å². The third kappa shape index (κ3) is 1.74. The van der Waals surface area contributed by atoms with E-state index in [1.165, 1.54) is 0 Å². The smallest absolute Gasteiger partial charge is 0.118 e. The Kier molecular flexibility index (Phi) is 2.81. The van der Waals surface area contributed by atoms with E-state index in [0.29, 0.717) is 11.5 Å². The normalized spacial score (nSPS) is 38.4. The van der Waals surface area contributed by atoms with Crippen molar-refractivity contribution >= 4 is 31.9 Å². The molecule has 1 nitrogen and oxygen atoms in total. The van der Waals surface area contributed by atoms with Gasteiger partial charge in [0.15, 0.2) is 0 Å². The zero-order valence-electron chi connectivity index (χ0n) is 6.23. The van der Waals surface area contributed by atoms with Crippen LogP contribution >= 0.6 is 31.9 Å². The van der Waals surface area contributed by atoms with Crippen LogP contribution in [0.15, 0.2) is 0 Å². The van der Waals surface area contributed by atoms with Crippen molar-refractivity contribution in [2.75, 3.05) is 5.33 Å². The van der Waals surface area contributed by atoms with Gasteiger partial charge in [0.05, 0.1) is 6.10 Å². The molecule has 0 saturated carbocycles. The predicted molar refractivity (Wildman–Crippen MR) is 49.8 cm³/mol. The maximum Gasteiger partial charge on any atom is 0.118 e. The summed E-state index contributed by atoms with van der Waals surface area (Å²) in [5.41, 5.74) is 0.290. The molecule has 0 aromatic rings. The van der Waals surface area contributed by atoms with E-state index in [-0.39, 0.29) is 5.01 Å². The number of halogens is 2. The van der Waals surface area contributed by atoms with Gasteiger partial charge in [0.1, 0.15) is 5.01 Å². The first-order chi connectivity index (χ1) is 4.56. The highest BCUT2D eigenvalue weighted by Gasteiger charge is 2.39. The van der Waals surface area contributed by atoms with E-state index in [4.69, 9.17) is 4.74 Å². The van der Waals surface area contributed by atoms with Crippen LogP contribution in [0.2, 0.25) is 0 Å². The lowest BCUT2D eigenvalue weighted by Gasteiger charge is -2.18. The summed E-state index contributed by atoms with van der Waals surface area (Å²) in [6.45, 7) is 4.43. The lowest BCUT2D eigenvalue weighted by molar-refractivity contribution is 0.0950. The lowest BCUT2D eigenvalue weighted by atomic mass is 9.91. The molecule has 0 spiro atoms. The molecule has 1 heterocycles. The van der Waals surface area contributed by atoms with Crippen LogP contribution in [-0.4, -0.2) is 16.4 Å². The van der Waals surface area contributed by atoms with Crippen LogP contribution < -0.4 is 0 Å². The second-order valence-corrected chi connectivity index (χ2v) is 4.90. The van der Waals surface area contributed by atoms with E-state index in [0.717, 1.165) is 11.8 Å². The fraction of sp³-hybridized carbons (Fsp3) is 1.00. The van der Waals surface area contributed by atoms with Crippen molar-refractivity contribution in [1.29, 1.82) is 0 Å². The Balaban J connectivity index is 2.53. The summed E-state index contributed by atoms with van der Waals surface area (Å²) >= 11 is 6.91. The zero-order valence-corrected chi connectivity index (χ0v) is 9.41. The Bertz CT molecular complexity index is 125. The molecule has 3 heteroatoms. The molecule has 0 aliphatic carbocycles. The summed E-state index contributed by atoms with van der Waals surface area (Å²) in [6.07, 6.45) is 1.52. The monoisotopic (exact) mass is 270 g/mol. The number of rotatable bonds is 1. The summed E-state index contributed by atoms with van der Waals surface area (Å²) in [6, 6.07) is 0. The third-order valence-corrected chi connectivity index (χ3v) is 4.03. The van der Waals surface area contributed by atoms with Crippen LogP contribution in [0.1, 0.15) is 20.3 Å². The maximum absolute atomic E-state index is 5.60. The average molecular weight is 272 g/mol. The molecule has 0 radical (unpaired) electrons. The van der Waals surface area contributed by atoms with Gasteiger partial charge < -0.3 is 4.74 Å². The summed E-state index contributed by atoms with van der Waals surface area (Å²) in [5, 5.41) is 1.17. The van der Waals surface area contributed by atoms with Crippen LogP contribution in [0.4, 0.5) is 0 Å². The van der Waals surface area contributed by atoms with Gasteiger partial charge in [-0.25, -0.2) is 0 Å². The predicted octanol–water partition coefficient (Wildman–Crippen LogP) is 2.92. The fourth-order valence-corrected chi connectivity index (χ4v) is 2.05. The molecule has 2 unspecified atom stereocenters. The summed E-state index contributed by atoms with van der Waals surface area (Å²) < 4.78 is 5.60. The van der Waals surface area contributed by atoms with Gasteiger partial charge in [-0.05, 0) is 6.42 Å². The van der Waals surface area contributed by atoms with Crippen molar-refractivity contribution in [3.8, 4) is 0 Å². The molecule has 0 bridgehead atoms. The molecule has 0 N–H and O–H groups in total. The molecule has 10 heavy (non-hydrogen) atoms. The minimum absolute atomic E-state index is 0.225. The lowest BCUT2D eigenvalue weighted by Crippen LogP contribution is -2.17. The first-order valence-corrected chi connectivity index (χ1v) is 5.45. The van der Waals surface area contributed by atoms with Gasteiger partial charge in [0.2, 0.25) is 0 Å². The van der Waals surface area contributed by atoms with Crippen molar-refractivity contribution < 1.29 is 4.74 Å². The molecule has 1 aliphatic rings. The van der Waals surface area contributed by atoms with Gasteiger partial charge in [-0.2, -0.15) is 0 Å². The van der Waals surface area contributed by atoms with E-state index in [9.17, 15) is 0 Å². The van der Waals surface area contributed by atoms with Crippen LogP contribution in [-0.2, 0) is 4.74 Å². The molecule has 1 aliphatic heterocycles. The molecule has 2 atom stereocenters. The van der Waals surface area contributed by atoms with Crippen molar-refractivity contribution in [2.45, 2.75) is 31.4 Å². The van der Waals surface area contributed by atoms with Crippen LogP contribution in [0.5, 0.6) is 0 Å². The van der Waals surface area contributed by atoms with Gasteiger partial charge in [0, 0.05) is 10.7 Å². The molecule has 1 saturated heterocycles. The third-order valence-electron chi connectivity index (χ3n) is 1.85. The van der Waals surface area contributed by atoms with E-state index in [1.54, 1.807) is 0 Å². The molecule has 0 amide bonds. The van der Waals surface area contributed by atoms with Gasteiger partial charge in [0.25, 0.3) is 0 Å². The second-order valence-electron chi connectivity index (χ2n) is 3.42. The van der Waals surface area contributed by atoms with Gasteiger partial charge in [-0.15, -0.1) is 0 Å². The summed E-state index contributed by atoms with van der Waals surface area (Å²) in [5.74, 6) is 0. The van der Waals surface area contributed by atoms with E-state index >= 15 is 0 Å². The molecular formula is C7H12Br2O. The Morgan fingerprint density at radius 2 is 2.20 bits per heavy atom. The zero-order chi connectivity index (χ0) is 7.78. The molecule has 0 aromatic carbocycles. The van der Waals surface area contributed by atoms with E-state index < -0.39 is 0 Å². The Hall–Kier alpha value is 0.920. The average Bonchev–Trinajstić information content (AvgIpc) is 2.08. The van der Waals surface area contributed by atoms with Crippen LogP contribution in [0.25, 0.3) is 0 Å². The maximum atomic E-state index is 5.60. The standard InChI is InChI=1S/C7H12Br2O/c1-7(2)3-5(4-8)10-6(7)9/h5-6H,3-4H2,1-2H3. The first-order valence-electron chi connectivity index (χ1n) is 3.42. The quantitative estimate of drug-likeness (QED) is 0.667. The summed E-state index contributed by atoms with van der Waals surface area (Å²) in [4.78, 5) is 0. The minimum atomic E-state index is 0.225. The summed E-state index contributed by atoms with van der Waals surface area (Å²) in [7, 11) is 0. The highest BCUT2D eigenvalue weighted by molar-refractivity contribution is 9.09. The number of hydrogen-bond donors (Lipinski definition) is 0. The SMILES string of the molecule is CC1(C)CC(CBr)OC1Br. The number of ether oxygens (including phenoxy) is 1. The fourth-order valence-electron chi connectivity index (χ4n) is 1.17. The van der Waals surface area contributed by atoms with Crippen LogP contribution in [0, 0.1) is 5.41 Å². The molecule has 0 aromatic heterocycles. The Morgan fingerprint density at radius 3 is 2.40 bits per heavy atom. The highest BCUT2D eigenvalue weighted by Crippen LogP contribution is 2.41. The molecule has 1 fully saturated rings. The molecule has 1 rings (SSSR count). The minimum Gasteiger partial charge on any atom is -0.362 e. The number of hydrogen-bond acceptors (Lipinski definition) is 1. The van der Waals surface area contributed by atoms with Crippen molar-refractivity contribution in [1.82, 2.24) is 0 Å². The molecular weight excluding hydrogens is 260 g/mol. The number of alkyl halides is 2. The van der Waals surface area contributed by atoms with Crippen LogP contribution in [0.3, 0.4) is 0 Å². The van der Waals surface area contributed by atoms with E-state index in [1.807, 2.05) is 0 Å². The Labute approximate surface area is 78.8 Å². The van der Waals surface area contributed by atoms with Crippen molar-refractivity contribution in [3.05, 3.63) is 0 Å². The Morgan fingerprint density at radius 1 is 1.60 bits per heavy atom. The topological polar surface area (TPSA) is 9.23 Å².